The third-order valence-corrected chi connectivity index (χ3v) is 1.23. The van der Waals surface area contributed by atoms with Gasteiger partial charge in [-0.05, 0) is 26.0 Å². The fourth-order valence-electron chi connectivity index (χ4n) is 0.868. The van der Waals surface area contributed by atoms with E-state index in [-0.39, 0.29) is 0 Å². The molecule has 68 valence electrons. The van der Waals surface area contributed by atoms with Crippen molar-refractivity contribution in [2.45, 2.75) is 33.7 Å². The first-order valence-corrected chi connectivity index (χ1v) is 4.60. The van der Waals surface area contributed by atoms with E-state index < -0.39 is 0 Å². The summed E-state index contributed by atoms with van der Waals surface area (Å²) in [6.07, 6.45) is 0. The van der Waals surface area contributed by atoms with Gasteiger partial charge in [0.15, 0.2) is 0 Å². The van der Waals surface area contributed by atoms with Crippen molar-refractivity contribution in [2.24, 2.45) is 0 Å². The van der Waals surface area contributed by atoms with Gasteiger partial charge in [-0.1, -0.05) is 32.0 Å². The highest BCUT2D eigenvalue weighted by molar-refractivity contribution is 5.42. The largest absolute Gasteiger partial charge is 0.383 e. The Hall–Kier alpha value is -0.980. The lowest BCUT2D eigenvalue weighted by atomic mass is 10.3. The van der Waals surface area contributed by atoms with Crippen LogP contribution in [0.15, 0.2) is 30.3 Å². The van der Waals surface area contributed by atoms with Crippen molar-refractivity contribution in [3.63, 3.8) is 0 Å². The fraction of sp³-hybridized carbons (Fsp3) is 0.455. The molecule has 0 atom stereocenters. The van der Waals surface area contributed by atoms with Crippen LogP contribution in [-0.4, -0.2) is 6.04 Å². The molecule has 0 aliphatic rings. The lowest BCUT2D eigenvalue weighted by molar-refractivity contribution is 0.900. The van der Waals surface area contributed by atoms with E-state index in [0.717, 1.165) is 0 Å². The van der Waals surface area contributed by atoms with Gasteiger partial charge in [-0.3, -0.25) is 0 Å². The molecule has 0 heterocycles. The standard InChI is InChI=1S/C9H13N.C2H6/c1-8(2)10-9-6-4-3-5-7-9;1-2/h3-8,10H,1-2H3;1-2H3. The Morgan fingerprint density at radius 2 is 1.50 bits per heavy atom. The summed E-state index contributed by atoms with van der Waals surface area (Å²) in [5.74, 6) is 0. The summed E-state index contributed by atoms with van der Waals surface area (Å²) < 4.78 is 0. The van der Waals surface area contributed by atoms with Crippen LogP contribution in [0.5, 0.6) is 0 Å². The van der Waals surface area contributed by atoms with Crippen LogP contribution in [0, 0.1) is 0 Å². The first-order valence-electron chi connectivity index (χ1n) is 4.60. The highest BCUT2D eigenvalue weighted by Crippen LogP contribution is 2.05. The number of benzene rings is 1. The predicted octanol–water partition coefficient (Wildman–Crippen LogP) is 3.53. The van der Waals surface area contributed by atoms with Gasteiger partial charge in [0.1, 0.15) is 0 Å². The van der Waals surface area contributed by atoms with Crippen molar-refractivity contribution >= 4 is 5.69 Å². The quantitative estimate of drug-likeness (QED) is 0.707. The van der Waals surface area contributed by atoms with Crippen LogP contribution in [-0.2, 0) is 0 Å². The molecule has 0 fully saturated rings. The average Bonchev–Trinajstić information content (AvgIpc) is 2.08. The van der Waals surface area contributed by atoms with Crippen molar-refractivity contribution in [3.05, 3.63) is 30.3 Å². The van der Waals surface area contributed by atoms with Gasteiger partial charge in [0, 0.05) is 11.7 Å². The molecule has 0 bridgehead atoms. The molecule has 1 nitrogen and oxygen atoms in total. The molecule has 0 amide bonds. The van der Waals surface area contributed by atoms with Gasteiger partial charge in [0.2, 0.25) is 0 Å². The Bertz CT molecular complexity index is 179. The molecule has 12 heavy (non-hydrogen) atoms. The van der Waals surface area contributed by atoms with Crippen LogP contribution in [0.3, 0.4) is 0 Å². The van der Waals surface area contributed by atoms with Gasteiger partial charge >= 0.3 is 0 Å². The summed E-state index contributed by atoms with van der Waals surface area (Å²) in [5.41, 5.74) is 1.19. The highest BCUT2D eigenvalue weighted by atomic mass is 14.9. The first kappa shape index (κ1) is 11.0. The van der Waals surface area contributed by atoms with E-state index in [1.54, 1.807) is 0 Å². The lowest BCUT2D eigenvalue weighted by Crippen LogP contribution is -2.08. The summed E-state index contributed by atoms with van der Waals surface area (Å²) in [6, 6.07) is 10.7. The Labute approximate surface area is 75.8 Å². The number of hydrogen-bond acceptors (Lipinski definition) is 1. The van der Waals surface area contributed by atoms with Gasteiger partial charge in [0.25, 0.3) is 0 Å². The minimum Gasteiger partial charge on any atom is -0.383 e. The fourth-order valence-corrected chi connectivity index (χ4v) is 0.868. The van der Waals surface area contributed by atoms with E-state index in [1.807, 2.05) is 32.0 Å². The number of nitrogens with one attached hydrogen (secondary N) is 1. The second kappa shape index (κ2) is 6.71. The van der Waals surface area contributed by atoms with Gasteiger partial charge in [-0.2, -0.15) is 0 Å². The molecule has 1 heteroatoms. The summed E-state index contributed by atoms with van der Waals surface area (Å²) in [7, 11) is 0. The van der Waals surface area contributed by atoms with E-state index in [0.29, 0.717) is 6.04 Å². The number of para-hydroxylation sites is 1. The van der Waals surface area contributed by atoms with Crippen LogP contribution in [0.4, 0.5) is 5.69 Å². The maximum absolute atomic E-state index is 3.30. The molecule has 1 rings (SSSR count). The number of hydrogen-bond donors (Lipinski definition) is 1. The summed E-state index contributed by atoms with van der Waals surface area (Å²) in [4.78, 5) is 0. The minimum atomic E-state index is 0.516. The zero-order valence-corrected chi connectivity index (χ0v) is 8.46. The second-order valence-electron chi connectivity index (χ2n) is 2.67. The maximum Gasteiger partial charge on any atom is 0.0342 e. The molecule has 0 aromatic heterocycles. The Morgan fingerprint density at radius 3 is 1.92 bits per heavy atom. The predicted molar refractivity (Wildman–Crippen MR) is 56.5 cm³/mol. The van der Waals surface area contributed by atoms with Crippen molar-refractivity contribution in [3.8, 4) is 0 Å². The number of anilines is 1. The van der Waals surface area contributed by atoms with E-state index in [4.69, 9.17) is 0 Å². The summed E-state index contributed by atoms with van der Waals surface area (Å²) >= 11 is 0. The molecule has 0 saturated carbocycles. The van der Waals surface area contributed by atoms with Crippen molar-refractivity contribution in [1.82, 2.24) is 0 Å². The Morgan fingerprint density at radius 1 is 1.00 bits per heavy atom. The molecular formula is C11H19N. The molecule has 0 spiro atoms. The van der Waals surface area contributed by atoms with Gasteiger partial charge in [-0.15, -0.1) is 0 Å². The average molecular weight is 165 g/mol. The molecule has 1 aromatic rings. The van der Waals surface area contributed by atoms with Gasteiger partial charge in [0.05, 0.1) is 0 Å². The van der Waals surface area contributed by atoms with Crippen molar-refractivity contribution in [2.75, 3.05) is 5.32 Å². The lowest BCUT2D eigenvalue weighted by Gasteiger charge is -2.08. The van der Waals surface area contributed by atoms with Crippen LogP contribution in [0.2, 0.25) is 0 Å². The van der Waals surface area contributed by atoms with Crippen molar-refractivity contribution in [1.29, 1.82) is 0 Å². The number of rotatable bonds is 2. The monoisotopic (exact) mass is 165 g/mol. The maximum atomic E-state index is 3.30. The Balaban J connectivity index is 0.000000561. The van der Waals surface area contributed by atoms with Crippen LogP contribution in [0.1, 0.15) is 27.7 Å². The zero-order valence-electron chi connectivity index (χ0n) is 8.46. The van der Waals surface area contributed by atoms with Gasteiger partial charge < -0.3 is 5.32 Å². The van der Waals surface area contributed by atoms with Gasteiger partial charge in [-0.25, -0.2) is 0 Å². The third kappa shape index (κ3) is 4.78. The minimum absolute atomic E-state index is 0.516. The molecule has 0 unspecified atom stereocenters. The smallest absolute Gasteiger partial charge is 0.0342 e. The second-order valence-corrected chi connectivity index (χ2v) is 2.67. The van der Waals surface area contributed by atoms with Crippen molar-refractivity contribution < 1.29 is 0 Å². The van der Waals surface area contributed by atoms with E-state index in [1.165, 1.54) is 5.69 Å². The summed E-state index contributed by atoms with van der Waals surface area (Å²) in [6.45, 7) is 8.26. The summed E-state index contributed by atoms with van der Waals surface area (Å²) in [5, 5.41) is 3.30. The normalized spacial score (nSPS) is 8.75. The van der Waals surface area contributed by atoms with E-state index in [9.17, 15) is 0 Å². The van der Waals surface area contributed by atoms with E-state index in [2.05, 4.69) is 31.3 Å². The third-order valence-electron chi connectivity index (χ3n) is 1.23. The van der Waals surface area contributed by atoms with Crippen LogP contribution < -0.4 is 5.32 Å². The molecule has 1 aromatic carbocycles. The molecule has 0 aliphatic heterocycles. The topological polar surface area (TPSA) is 12.0 Å². The molecular weight excluding hydrogens is 146 g/mol. The molecule has 0 radical (unpaired) electrons. The Kier molecular flexibility index (Phi) is 6.16. The molecule has 0 saturated heterocycles. The zero-order chi connectivity index (χ0) is 9.40. The van der Waals surface area contributed by atoms with Crippen LogP contribution >= 0.6 is 0 Å². The van der Waals surface area contributed by atoms with E-state index >= 15 is 0 Å². The van der Waals surface area contributed by atoms with Crippen LogP contribution in [0.25, 0.3) is 0 Å². The molecule has 1 N–H and O–H groups in total. The first-order chi connectivity index (χ1) is 5.79. The highest BCUT2D eigenvalue weighted by Gasteiger charge is 1.90. The molecule has 0 aliphatic carbocycles. The SMILES string of the molecule is CC.CC(C)Nc1ccccc1.